The molecule has 0 spiro atoms. The van der Waals surface area contributed by atoms with Gasteiger partial charge in [0.05, 0.1) is 6.61 Å². The van der Waals surface area contributed by atoms with E-state index in [1.807, 2.05) is 17.8 Å². The molecule has 0 atom stereocenters. The van der Waals surface area contributed by atoms with Gasteiger partial charge in [-0.2, -0.15) is 11.8 Å². The molecule has 2 aliphatic heterocycles. The summed E-state index contributed by atoms with van der Waals surface area (Å²) in [5, 5.41) is 0.826. The van der Waals surface area contributed by atoms with Crippen LogP contribution in [0.15, 0.2) is 12.1 Å². The maximum atomic E-state index is 6.24. The molecular formula is C16H23ClN2OS. The Bertz CT molecular complexity index is 509. The molecule has 0 saturated carbocycles. The Balaban J connectivity index is 1.69. The Labute approximate surface area is 136 Å². The van der Waals surface area contributed by atoms with Crippen LogP contribution in [0.5, 0.6) is 5.75 Å². The average Bonchev–Trinajstić information content (AvgIpc) is 2.97. The van der Waals surface area contributed by atoms with Crippen LogP contribution >= 0.6 is 23.4 Å². The van der Waals surface area contributed by atoms with Gasteiger partial charge < -0.3 is 10.5 Å². The minimum atomic E-state index is 0.281. The highest BCUT2D eigenvalue weighted by atomic mass is 35.5. The number of likely N-dealkylation sites (tertiary alicyclic amines) is 1. The first-order chi connectivity index (χ1) is 10.2. The largest absolute Gasteiger partial charge is 0.493 e. The number of fused-ring (bicyclic) bond motifs is 1. The van der Waals surface area contributed by atoms with E-state index in [1.165, 1.54) is 11.1 Å². The van der Waals surface area contributed by atoms with Crippen LogP contribution in [0.4, 0.5) is 0 Å². The van der Waals surface area contributed by atoms with E-state index in [-0.39, 0.29) is 4.75 Å². The van der Waals surface area contributed by atoms with E-state index >= 15 is 0 Å². The van der Waals surface area contributed by atoms with Gasteiger partial charge in [-0.15, -0.1) is 0 Å². The molecule has 2 aliphatic rings. The van der Waals surface area contributed by atoms with Crippen molar-refractivity contribution in [2.75, 3.05) is 32.5 Å². The van der Waals surface area contributed by atoms with E-state index in [2.05, 4.69) is 17.2 Å². The van der Waals surface area contributed by atoms with Gasteiger partial charge in [-0.25, -0.2) is 0 Å². The second-order valence-electron chi connectivity index (χ2n) is 6.02. The smallest absolute Gasteiger partial charge is 0.127 e. The highest BCUT2D eigenvalue weighted by molar-refractivity contribution is 8.00. The lowest BCUT2D eigenvalue weighted by Gasteiger charge is -2.40. The lowest BCUT2D eigenvalue weighted by Crippen LogP contribution is -2.46. The van der Waals surface area contributed by atoms with Crippen molar-refractivity contribution in [2.24, 2.45) is 5.73 Å². The Morgan fingerprint density at radius 3 is 2.81 bits per heavy atom. The molecule has 5 heteroatoms. The molecule has 3 rings (SSSR count). The molecule has 0 amide bonds. The number of halogens is 1. The van der Waals surface area contributed by atoms with Gasteiger partial charge in [-0.05, 0) is 49.9 Å². The van der Waals surface area contributed by atoms with Crippen LogP contribution in [0.1, 0.15) is 24.0 Å². The Morgan fingerprint density at radius 1 is 1.38 bits per heavy atom. The van der Waals surface area contributed by atoms with Crippen molar-refractivity contribution in [1.82, 2.24) is 4.90 Å². The molecular weight excluding hydrogens is 304 g/mol. The summed E-state index contributed by atoms with van der Waals surface area (Å²) in [6.07, 6.45) is 5.48. The summed E-state index contributed by atoms with van der Waals surface area (Å²) in [4.78, 5) is 2.50. The van der Waals surface area contributed by atoms with Gasteiger partial charge in [0.1, 0.15) is 5.75 Å². The van der Waals surface area contributed by atoms with Gasteiger partial charge >= 0.3 is 0 Å². The average molecular weight is 327 g/mol. The third kappa shape index (κ3) is 3.19. The summed E-state index contributed by atoms with van der Waals surface area (Å²) in [5.41, 5.74) is 8.46. The predicted octanol–water partition coefficient (Wildman–Crippen LogP) is 2.93. The van der Waals surface area contributed by atoms with Crippen LogP contribution in [0.3, 0.4) is 0 Å². The topological polar surface area (TPSA) is 38.5 Å². The fourth-order valence-electron chi connectivity index (χ4n) is 3.31. The molecule has 2 N–H and O–H groups in total. The van der Waals surface area contributed by atoms with Gasteiger partial charge in [0.15, 0.2) is 0 Å². The van der Waals surface area contributed by atoms with Crippen LogP contribution in [0.2, 0.25) is 5.02 Å². The number of nitrogens with zero attached hydrogens (tertiary/aromatic N) is 1. The van der Waals surface area contributed by atoms with Crippen molar-refractivity contribution in [3.05, 3.63) is 28.3 Å². The number of hydrogen-bond acceptors (Lipinski definition) is 4. The van der Waals surface area contributed by atoms with Crippen molar-refractivity contribution in [1.29, 1.82) is 0 Å². The van der Waals surface area contributed by atoms with Crippen LogP contribution in [-0.4, -0.2) is 42.1 Å². The molecule has 0 aliphatic carbocycles. The standard InChI is InChI=1S/C16H23ClN2OS/c1-21-16(11-18)3-5-19(6-4-16)10-13-9-14(17)8-12-2-7-20-15(12)13/h8-9H,2-7,10-11,18H2,1H3. The molecule has 0 radical (unpaired) electrons. The number of ether oxygens (including phenoxy) is 1. The van der Waals surface area contributed by atoms with Crippen molar-refractivity contribution in [3.63, 3.8) is 0 Å². The maximum Gasteiger partial charge on any atom is 0.127 e. The zero-order valence-electron chi connectivity index (χ0n) is 12.5. The fraction of sp³-hybridized carbons (Fsp3) is 0.625. The summed E-state index contributed by atoms with van der Waals surface area (Å²) >= 11 is 8.17. The van der Waals surface area contributed by atoms with Crippen LogP contribution in [0, 0.1) is 0 Å². The molecule has 116 valence electrons. The number of benzene rings is 1. The van der Waals surface area contributed by atoms with Gasteiger partial charge in [0, 0.05) is 34.8 Å². The minimum absolute atomic E-state index is 0.281. The maximum absolute atomic E-state index is 6.24. The fourth-order valence-corrected chi connectivity index (χ4v) is 4.34. The monoisotopic (exact) mass is 326 g/mol. The van der Waals surface area contributed by atoms with Gasteiger partial charge in [0.2, 0.25) is 0 Å². The number of piperidine rings is 1. The predicted molar refractivity (Wildman–Crippen MR) is 90.5 cm³/mol. The molecule has 0 unspecified atom stereocenters. The van der Waals surface area contributed by atoms with E-state index in [0.717, 1.165) is 62.8 Å². The number of rotatable bonds is 4. The molecule has 21 heavy (non-hydrogen) atoms. The number of thioether (sulfide) groups is 1. The third-order valence-electron chi connectivity index (χ3n) is 4.79. The van der Waals surface area contributed by atoms with Crippen molar-refractivity contribution in [2.45, 2.75) is 30.6 Å². The Kier molecular flexibility index (Phi) is 4.69. The second kappa shape index (κ2) is 6.37. The minimum Gasteiger partial charge on any atom is -0.493 e. The SMILES string of the molecule is CSC1(CN)CCN(Cc2cc(Cl)cc3c2OCC3)CC1. The molecule has 1 aromatic rings. The number of nitrogens with two attached hydrogens (primary N) is 1. The summed E-state index contributed by atoms with van der Waals surface area (Å²) in [6, 6.07) is 4.10. The highest BCUT2D eigenvalue weighted by Crippen LogP contribution is 2.36. The quantitative estimate of drug-likeness (QED) is 0.923. The molecule has 1 saturated heterocycles. The van der Waals surface area contributed by atoms with E-state index in [9.17, 15) is 0 Å². The highest BCUT2D eigenvalue weighted by Gasteiger charge is 2.33. The van der Waals surface area contributed by atoms with E-state index < -0.39 is 0 Å². The second-order valence-corrected chi connectivity index (χ2v) is 7.73. The third-order valence-corrected chi connectivity index (χ3v) is 6.45. The zero-order valence-corrected chi connectivity index (χ0v) is 14.1. The van der Waals surface area contributed by atoms with E-state index in [0.29, 0.717) is 0 Å². The first kappa shape index (κ1) is 15.5. The van der Waals surface area contributed by atoms with Crippen LogP contribution in [0.25, 0.3) is 0 Å². The van der Waals surface area contributed by atoms with Crippen molar-refractivity contribution >= 4 is 23.4 Å². The number of hydrogen-bond donors (Lipinski definition) is 1. The Hall–Kier alpha value is -0.420. The molecule has 1 aromatic carbocycles. The van der Waals surface area contributed by atoms with E-state index in [4.69, 9.17) is 22.1 Å². The van der Waals surface area contributed by atoms with Gasteiger partial charge in [-0.1, -0.05) is 11.6 Å². The van der Waals surface area contributed by atoms with Crippen molar-refractivity contribution < 1.29 is 4.74 Å². The molecule has 0 aromatic heterocycles. The van der Waals surface area contributed by atoms with Gasteiger partial charge in [-0.3, -0.25) is 4.90 Å². The first-order valence-corrected chi connectivity index (χ1v) is 9.18. The normalized spacial score (nSPS) is 21.1. The lowest BCUT2D eigenvalue weighted by atomic mass is 9.95. The van der Waals surface area contributed by atoms with Crippen LogP contribution < -0.4 is 10.5 Å². The summed E-state index contributed by atoms with van der Waals surface area (Å²) in [5.74, 6) is 1.07. The molecule has 1 fully saturated rings. The zero-order chi connectivity index (χ0) is 14.9. The molecule has 0 bridgehead atoms. The van der Waals surface area contributed by atoms with Crippen LogP contribution in [-0.2, 0) is 13.0 Å². The Morgan fingerprint density at radius 2 is 2.14 bits per heavy atom. The molecule has 3 nitrogen and oxygen atoms in total. The summed E-state index contributed by atoms with van der Waals surface area (Å²) in [7, 11) is 0. The van der Waals surface area contributed by atoms with Gasteiger partial charge in [0.25, 0.3) is 0 Å². The lowest BCUT2D eigenvalue weighted by molar-refractivity contribution is 0.192. The van der Waals surface area contributed by atoms with E-state index in [1.54, 1.807) is 0 Å². The summed E-state index contributed by atoms with van der Waals surface area (Å²) in [6.45, 7) is 4.68. The summed E-state index contributed by atoms with van der Waals surface area (Å²) < 4.78 is 6.08. The van der Waals surface area contributed by atoms with Crippen molar-refractivity contribution in [3.8, 4) is 5.75 Å². The first-order valence-electron chi connectivity index (χ1n) is 7.57. The molecule has 2 heterocycles.